The van der Waals surface area contributed by atoms with Crippen LogP contribution in [0.5, 0.6) is 11.5 Å². The normalized spacial score (nSPS) is 11.5. The van der Waals surface area contributed by atoms with Gasteiger partial charge in [-0.05, 0) is 47.5 Å². The van der Waals surface area contributed by atoms with Gasteiger partial charge in [0.2, 0.25) is 0 Å². The monoisotopic (exact) mass is 479 g/mol. The fourth-order valence-corrected chi connectivity index (χ4v) is 4.70. The van der Waals surface area contributed by atoms with Crippen LogP contribution >= 0.6 is 0 Å². The Kier molecular flexibility index (Phi) is 7.19. The number of sulfonamides is 1. The Hall–Kier alpha value is -3.76. The molecule has 176 valence electrons. The Balaban J connectivity index is 1.61. The molecule has 2 heterocycles. The Morgan fingerprint density at radius 1 is 0.824 bits per heavy atom. The van der Waals surface area contributed by atoms with Crippen LogP contribution in [0.25, 0.3) is 0 Å². The Labute approximate surface area is 198 Å². The predicted octanol–water partition coefficient (Wildman–Crippen LogP) is 3.13. The van der Waals surface area contributed by atoms with Crippen molar-refractivity contribution in [2.45, 2.75) is 24.7 Å². The van der Waals surface area contributed by atoms with Gasteiger partial charge in [-0.2, -0.15) is 9.40 Å². The summed E-state index contributed by atoms with van der Waals surface area (Å²) >= 11 is 0. The fourth-order valence-electron chi connectivity index (χ4n) is 3.35. The standard InChI is InChI=1S/C24H25N5O4S/c1-32-21-8-4-19(5-9-21)16-29(17-20-6-10-22(33-2)11-7-20)34(30,31)24-12-15-28(27-24)18-23-25-13-3-14-26-23/h3-15H,16-18H2,1-2H3. The van der Waals surface area contributed by atoms with Gasteiger partial charge in [0.05, 0.1) is 14.2 Å². The van der Waals surface area contributed by atoms with E-state index in [1.165, 1.54) is 15.1 Å². The smallest absolute Gasteiger partial charge is 0.262 e. The van der Waals surface area contributed by atoms with Crippen LogP contribution in [0.1, 0.15) is 17.0 Å². The van der Waals surface area contributed by atoms with Crippen molar-refractivity contribution >= 4 is 10.0 Å². The summed E-state index contributed by atoms with van der Waals surface area (Å²) in [6, 6.07) is 17.8. The van der Waals surface area contributed by atoms with E-state index in [0.29, 0.717) is 17.3 Å². The topological polar surface area (TPSA) is 99.4 Å². The summed E-state index contributed by atoms with van der Waals surface area (Å²) in [6.45, 7) is 0.618. The molecule has 0 fully saturated rings. The molecule has 0 N–H and O–H groups in total. The van der Waals surface area contributed by atoms with Crippen LogP contribution < -0.4 is 9.47 Å². The lowest BCUT2D eigenvalue weighted by atomic mass is 10.2. The molecule has 0 aliphatic rings. The molecule has 0 radical (unpaired) electrons. The highest BCUT2D eigenvalue weighted by molar-refractivity contribution is 7.89. The second-order valence-electron chi connectivity index (χ2n) is 7.49. The summed E-state index contributed by atoms with van der Waals surface area (Å²) < 4.78 is 40.6. The molecule has 0 spiro atoms. The van der Waals surface area contributed by atoms with E-state index in [0.717, 1.165) is 11.1 Å². The Morgan fingerprint density at radius 2 is 1.35 bits per heavy atom. The van der Waals surface area contributed by atoms with Crippen molar-refractivity contribution in [1.29, 1.82) is 0 Å². The summed E-state index contributed by atoms with van der Waals surface area (Å²) in [5.41, 5.74) is 1.66. The second kappa shape index (κ2) is 10.4. The highest BCUT2D eigenvalue weighted by Crippen LogP contribution is 2.22. The molecule has 0 unspecified atom stereocenters. The molecule has 34 heavy (non-hydrogen) atoms. The predicted molar refractivity (Wildman–Crippen MR) is 126 cm³/mol. The molecular formula is C24H25N5O4S. The first-order chi connectivity index (χ1) is 16.5. The van der Waals surface area contributed by atoms with Crippen molar-refractivity contribution in [1.82, 2.24) is 24.1 Å². The van der Waals surface area contributed by atoms with Crippen molar-refractivity contribution in [2.24, 2.45) is 0 Å². The minimum absolute atomic E-state index is 0.0366. The third-order valence-electron chi connectivity index (χ3n) is 5.18. The molecule has 0 amide bonds. The molecule has 4 rings (SSSR count). The first-order valence-corrected chi connectivity index (χ1v) is 12.0. The highest BCUT2D eigenvalue weighted by Gasteiger charge is 2.27. The lowest BCUT2D eigenvalue weighted by molar-refractivity contribution is 0.395. The zero-order chi connectivity index (χ0) is 24.0. The van der Waals surface area contributed by atoms with Gasteiger partial charge < -0.3 is 9.47 Å². The van der Waals surface area contributed by atoms with Gasteiger partial charge in [-0.25, -0.2) is 18.4 Å². The summed E-state index contributed by atoms with van der Waals surface area (Å²) in [5, 5.41) is 4.27. The molecule has 4 aromatic rings. The molecule has 2 aromatic heterocycles. The molecule has 0 saturated carbocycles. The molecule has 0 atom stereocenters. The summed E-state index contributed by atoms with van der Waals surface area (Å²) in [7, 11) is -0.723. The number of benzene rings is 2. The quantitative estimate of drug-likeness (QED) is 0.345. The minimum atomic E-state index is -3.90. The number of nitrogens with zero attached hydrogens (tertiary/aromatic N) is 5. The van der Waals surface area contributed by atoms with Gasteiger partial charge in [0.1, 0.15) is 23.9 Å². The van der Waals surface area contributed by atoms with E-state index in [-0.39, 0.29) is 24.7 Å². The number of aromatic nitrogens is 4. The molecule has 0 aliphatic carbocycles. The van der Waals surface area contributed by atoms with E-state index >= 15 is 0 Å². The maximum atomic E-state index is 13.6. The van der Waals surface area contributed by atoms with Crippen molar-refractivity contribution in [3.05, 3.63) is 96.2 Å². The van der Waals surface area contributed by atoms with Gasteiger partial charge in [-0.15, -0.1) is 0 Å². The van der Waals surface area contributed by atoms with E-state index in [1.807, 2.05) is 48.5 Å². The van der Waals surface area contributed by atoms with Gasteiger partial charge in [0.25, 0.3) is 10.0 Å². The number of hydrogen-bond acceptors (Lipinski definition) is 7. The first-order valence-electron chi connectivity index (χ1n) is 10.5. The second-order valence-corrected chi connectivity index (χ2v) is 9.37. The van der Waals surface area contributed by atoms with Crippen LogP contribution in [-0.2, 0) is 29.7 Å². The highest BCUT2D eigenvalue weighted by atomic mass is 32.2. The molecule has 0 aliphatic heterocycles. The summed E-state index contributed by atoms with van der Waals surface area (Å²) in [5.74, 6) is 1.95. The van der Waals surface area contributed by atoms with Crippen LogP contribution in [0.15, 0.2) is 84.3 Å². The molecule has 10 heteroatoms. The van der Waals surface area contributed by atoms with E-state index < -0.39 is 10.0 Å². The maximum absolute atomic E-state index is 13.6. The van der Waals surface area contributed by atoms with Crippen molar-refractivity contribution in [3.63, 3.8) is 0 Å². The molecule has 2 aromatic carbocycles. The van der Waals surface area contributed by atoms with Crippen LogP contribution in [0, 0.1) is 0 Å². The van der Waals surface area contributed by atoms with Gasteiger partial charge in [0.15, 0.2) is 5.03 Å². The van der Waals surface area contributed by atoms with Crippen molar-refractivity contribution in [3.8, 4) is 11.5 Å². The van der Waals surface area contributed by atoms with Crippen LogP contribution in [-0.4, -0.2) is 46.7 Å². The van der Waals surface area contributed by atoms with Crippen LogP contribution in [0.2, 0.25) is 0 Å². The third-order valence-corrected chi connectivity index (χ3v) is 6.86. The van der Waals surface area contributed by atoms with Crippen molar-refractivity contribution < 1.29 is 17.9 Å². The summed E-state index contributed by atoms with van der Waals surface area (Å²) in [6.07, 6.45) is 4.88. The number of ether oxygens (including phenoxy) is 2. The lowest BCUT2D eigenvalue weighted by Crippen LogP contribution is -2.30. The average molecular weight is 480 g/mol. The molecule has 9 nitrogen and oxygen atoms in total. The van der Waals surface area contributed by atoms with E-state index in [4.69, 9.17) is 9.47 Å². The van der Waals surface area contributed by atoms with Gasteiger partial charge in [-0.1, -0.05) is 24.3 Å². The fraction of sp³-hybridized carbons (Fsp3) is 0.208. The Bertz CT molecular complexity index is 1260. The molecular weight excluding hydrogens is 454 g/mol. The molecule has 0 saturated heterocycles. The molecule has 0 bridgehead atoms. The third kappa shape index (κ3) is 5.59. The van der Waals surface area contributed by atoms with E-state index in [1.54, 1.807) is 38.9 Å². The number of hydrogen-bond donors (Lipinski definition) is 0. The van der Waals surface area contributed by atoms with Crippen LogP contribution in [0.3, 0.4) is 0 Å². The largest absolute Gasteiger partial charge is 0.497 e. The minimum Gasteiger partial charge on any atom is -0.497 e. The van der Waals surface area contributed by atoms with E-state index in [9.17, 15) is 8.42 Å². The zero-order valence-electron chi connectivity index (χ0n) is 18.9. The van der Waals surface area contributed by atoms with Gasteiger partial charge in [0, 0.05) is 31.7 Å². The number of methoxy groups -OCH3 is 2. The first kappa shape index (κ1) is 23.4. The Morgan fingerprint density at radius 3 is 1.85 bits per heavy atom. The number of rotatable bonds is 10. The van der Waals surface area contributed by atoms with Gasteiger partial charge in [-0.3, -0.25) is 4.68 Å². The maximum Gasteiger partial charge on any atom is 0.262 e. The van der Waals surface area contributed by atoms with Gasteiger partial charge >= 0.3 is 0 Å². The average Bonchev–Trinajstić information content (AvgIpc) is 3.34. The lowest BCUT2D eigenvalue weighted by Gasteiger charge is -2.21. The zero-order valence-corrected chi connectivity index (χ0v) is 19.7. The summed E-state index contributed by atoms with van der Waals surface area (Å²) in [4.78, 5) is 8.34. The SMILES string of the molecule is COc1ccc(CN(Cc2ccc(OC)cc2)S(=O)(=O)c2ccn(Cc3ncccn3)n2)cc1. The van der Waals surface area contributed by atoms with Crippen LogP contribution in [0.4, 0.5) is 0 Å². The van der Waals surface area contributed by atoms with E-state index in [2.05, 4.69) is 15.1 Å². The van der Waals surface area contributed by atoms with Crippen molar-refractivity contribution in [2.75, 3.05) is 14.2 Å².